The first kappa shape index (κ1) is 29.5. The Morgan fingerprint density at radius 2 is 1.85 bits per heavy atom. The number of carbonyl (C=O) groups is 3. The number of esters is 1. The summed E-state index contributed by atoms with van der Waals surface area (Å²) >= 11 is 0. The van der Waals surface area contributed by atoms with E-state index in [2.05, 4.69) is 5.32 Å². The lowest BCUT2D eigenvalue weighted by atomic mass is 9.70. The van der Waals surface area contributed by atoms with Gasteiger partial charge in [-0.3, -0.25) is 14.4 Å². The van der Waals surface area contributed by atoms with Crippen LogP contribution in [0.4, 0.5) is 0 Å². The summed E-state index contributed by atoms with van der Waals surface area (Å²) in [7, 11) is 0. The molecule has 214 valence electrons. The van der Waals surface area contributed by atoms with Gasteiger partial charge in [-0.15, -0.1) is 0 Å². The van der Waals surface area contributed by atoms with E-state index in [0.717, 1.165) is 11.6 Å². The van der Waals surface area contributed by atoms with E-state index in [4.69, 9.17) is 4.74 Å². The number of allylic oxidation sites excluding steroid dienone is 2. The average Bonchev–Trinajstić information content (AvgIpc) is 3.03. The molecule has 0 saturated carbocycles. The summed E-state index contributed by atoms with van der Waals surface area (Å²) in [5.41, 5.74) is -0.867. The molecule has 3 aliphatic rings. The number of rotatable bonds is 2. The minimum atomic E-state index is -1.79. The van der Waals surface area contributed by atoms with Crippen LogP contribution in [0.2, 0.25) is 0 Å². The van der Waals surface area contributed by atoms with Crippen molar-refractivity contribution in [2.75, 3.05) is 0 Å². The van der Waals surface area contributed by atoms with Gasteiger partial charge in [0.25, 0.3) is 0 Å². The number of amides is 1. The zero-order chi connectivity index (χ0) is 29.5. The fourth-order valence-corrected chi connectivity index (χ4v) is 5.67. The number of aromatic hydroxyl groups is 1. The van der Waals surface area contributed by atoms with Crippen molar-refractivity contribution >= 4 is 17.7 Å². The first-order valence-corrected chi connectivity index (χ1v) is 13.5. The molecule has 9 nitrogen and oxygen atoms in total. The highest BCUT2D eigenvalue weighted by atomic mass is 16.6. The minimum absolute atomic E-state index is 0.0118. The summed E-state index contributed by atoms with van der Waals surface area (Å²) < 4.78 is 5.84. The second kappa shape index (κ2) is 11.2. The van der Waals surface area contributed by atoms with E-state index in [1.165, 1.54) is 19.1 Å². The maximum Gasteiger partial charge on any atom is 0.320 e. The molecule has 6 atom stereocenters. The number of carbonyl (C=O) groups excluding carboxylic acids is 3. The summed E-state index contributed by atoms with van der Waals surface area (Å²) in [5, 5.41) is 48.0. The molecule has 5 N–H and O–H groups in total. The molecule has 2 unspecified atom stereocenters. The summed E-state index contributed by atoms with van der Waals surface area (Å²) in [6, 6.07) is 1.46. The van der Waals surface area contributed by atoms with Crippen LogP contribution >= 0.6 is 0 Å². The number of hydrogen-bond donors (Lipinski definition) is 5. The minimum Gasteiger partial charge on any atom is -0.507 e. The zero-order valence-electron chi connectivity index (χ0n) is 23.4. The number of ether oxygens (including phenoxy) is 1. The number of phenolic OH excluding ortho intramolecular Hbond substituents is 1. The Bertz CT molecular complexity index is 1370. The molecular weight excluding hydrogens is 514 g/mol. The lowest BCUT2D eigenvalue weighted by molar-refractivity contribution is -0.157. The largest absolute Gasteiger partial charge is 0.507 e. The zero-order valence-corrected chi connectivity index (χ0v) is 23.4. The first-order valence-electron chi connectivity index (χ1n) is 13.5. The molecule has 0 aromatic heterocycles. The second-order valence-corrected chi connectivity index (χ2v) is 11.2. The van der Waals surface area contributed by atoms with Crippen molar-refractivity contribution in [3.63, 3.8) is 0 Å². The van der Waals surface area contributed by atoms with Gasteiger partial charge in [-0.25, -0.2) is 0 Å². The van der Waals surface area contributed by atoms with E-state index in [9.17, 15) is 34.8 Å². The number of aryl methyl sites for hydroxylation is 1. The predicted molar refractivity (Wildman–Crippen MR) is 147 cm³/mol. The molecule has 0 fully saturated rings. The van der Waals surface area contributed by atoms with Crippen molar-refractivity contribution in [3.05, 3.63) is 75.5 Å². The van der Waals surface area contributed by atoms with Gasteiger partial charge in [0.1, 0.15) is 35.6 Å². The molecule has 2 aliphatic heterocycles. The Hall–Kier alpha value is -3.53. The predicted octanol–water partition coefficient (Wildman–Crippen LogP) is 3.53. The number of phenols is 1. The van der Waals surface area contributed by atoms with Crippen LogP contribution in [-0.4, -0.2) is 50.3 Å². The molecule has 2 bridgehead atoms. The summed E-state index contributed by atoms with van der Waals surface area (Å²) in [4.78, 5) is 40.2. The van der Waals surface area contributed by atoms with Crippen LogP contribution in [0.15, 0.2) is 53.3 Å². The highest BCUT2D eigenvalue weighted by Gasteiger charge is 2.50. The molecule has 0 spiro atoms. The van der Waals surface area contributed by atoms with Gasteiger partial charge < -0.3 is 30.5 Å². The van der Waals surface area contributed by atoms with Crippen molar-refractivity contribution in [2.24, 2.45) is 11.3 Å². The molecule has 2 heterocycles. The van der Waals surface area contributed by atoms with Crippen LogP contribution in [0.5, 0.6) is 5.75 Å². The Kier molecular flexibility index (Phi) is 8.21. The molecule has 1 aromatic rings. The van der Waals surface area contributed by atoms with Crippen molar-refractivity contribution in [3.8, 4) is 5.75 Å². The first-order chi connectivity index (χ1) is 18.8. The van der Waals surface area contributed by atoms with E-state index in [-0.39, 0.29) is 46.0 Å². The standard InChI is InChI=1S/C31H37NO8/c1-6-17-7-9-19(33)21(13-15(2)3)40-30(39)31(5)12-11-22(35)32-26-25(31)29(38)23-18(28(26)37)14-16(4)27(36)24(23)20(34)10-8-17/h7,9,11-14,17,19,21,28-29,33,36-38H,6,8,10H2,1-5H3,(H,32,35)/b9-7+/t17-,19-,21-,28?,29?,31+/m0/s1. The fourth-order valence-electron chi connectivity index (χ4n) is 5.67. The Labute approximate surface area is 233 Å². The maximum absolute atomic E-state index is 13.9. The summed E-state index contributed by atoms with van der Waals surface area (Å²) in [6.07, 6.45) is 2.95. The van der Waals surface area contributed by atoms with E-state index in [1.807, 2.05) is 6.92 Å². The van der Waals surface area contributed by atoms with Crippen LogP contribution in [0.25, 0.3) is 0 Å². The third-order valence-corrected chi connectivity index (χ3v) is 7.98. The Morgan fingerprint density at radius 3 is 2.50 bits per heavy atom. The van der Waals surface area contributed by atoms with Crippen molar-refractivity contribution in [2.45, 2.75) is 78.3 Å². The van der Waals surface area contributed by atoms with Crippen LogP contribution < -0.4 is 5.32 Å². The Balaban J connectivity index is 2.02. The van der Waals surface area contributed by atoms with Crippen LogP contribution in [0, 0.1) is 18.3 Å². The molecule has 1 aliphatic carbocycles. The van der Waals surface area contributed by atoms with Gasteiger partial charge in [-0.2, -0.15) is 0 Å². The SMILES string of the molecule is CC[C@H]1/C=C/[C@H](O)[C@H](C=C(C)C)OC(=O)[C@]2(C)C=CC(=O)NC3=C2C(O)c2c(cc(C)c(O)c2C(=O)CC1)C3O. The maximum atomic E-state index is 13.9. The van der Waals surface area contributed by atoms with E-state index in [1.54, 1.807) is 39.0 Å². The van der Waals surface area contributed by atoms with Gasteiger partial charge in [0, 0.05) is 23.6 Å². The average molecular weight is 552 g/mol. The van der Waals surface area contributed by atoms with Crippen molar-refractivity contribution in [1.29, 1.82) is 0 Å². The number of aliphatic hydroxyl groups is 3. The molecule has 0 saturated heterocycles. The highest BCUT2D eigenvalue weighted by molar-refractivity contribution is 6.02. The third kappa shape index (κ3) is 5.16. The number of hydrogen-bond acceptors (Lipinski definition) is 8. The number of Topliss-reactive ketones (excluding diaryl/α,β-unsaturated/α-hetero) is 1. The quantitative estimate of drug-likeness (QED) is 0.276. The van der Waals surface area contributed by atoms with Gasteiger partial charge in [0.05, 0.1) is 11.3 Å². The van der Waals surface area contributed by atoms with Crippen LogP contribution in [0.1, 0.15) is 86.2 Å². The van der Waals surface area contributed by atoms with Crippen LogP contribution in [0.3, 0.4) is 0 Å². The molecule has 1 amide bonds. The smallest absolute Gasteiger partial charge is 0.320 e. The molecule has 1 aromatic carbocycles. The summed E-state index contributed by atoms with van der Waals surface area (Å²) in [6.45, 7) is 8.55. The molecule has 9 heteroatoms. The van der Waals surface area contributed by atoms with Gasteiger partial charge in [-0.1, -0.05) is 30.7 Å². The number of nitrogens with one attached hydrogen (secondary N) is 1. The molecular formula is C31H37NO8. The molecule has 4 rings (SSSR count). The topological polar surface area (TPSA) is 153 Å². The number of ketones is 1. The lowest BCUT2D eigenvalue weighted by Gasteiger charge is -2.39. The van der Waals surface area contributed by atoms with E-state index in [0.29, 0.717) is 18.4 Å². The van der Waals surface area contributed by atoms with E-state index < -0.39 is 47.5 Å². The third-order valence-electron chi connectivity index (χ3n) is 7.98. The van der Waals surface area contributed by atoms with Crippen molar-refractivity contribution in [1.82, 2.24) is 5.32 Å². The Morgan fingerprint density at radius 1 is 1.15 bits per heavy atom. The number of aliphatic hydroxyl groups excluding tert-OH is 3. The molecule has 40 heavy (non-hydrogen) atoms. The normalized spacial score (nSPS) is 31.4. The second-order valence-electron chi connectivity index (χ2n) is 11.2. The van der Waals surface area contributed by atoms with Gasteiger partial charge in [-0.05, 0) is 69.7 Å². The van der Waals surface area contributed by atoms with E-state index >= 15 is 0 Å². The van der Waals surface area contributed by atoms with Crippen molar-refractivity contribution < 1.29 is 39.5 Å². The lowest BCUT2D eigenvalue weighted by Crippen LogP contribution is -2.41. The molecule has 0 radical (unpaired) electrons. The monoisotopic (exact) mass is 551 g/mol. The van der Waals surface area contributed by atoms with Gasteiger partial charge in [0.2, 0.25) is 5.91 Å². The van der Waals surface area contributed by atoms with Gasteiger partial charge in [0.15, 0.2) is 5.78 Å². The van der Waals surface area contributed by atoms with Gasteiger partial charge >= 0.3 is 5.97 Å². The number of cyclic esters (lactones) is 1. The fraction of sp³-hybridized carbons (Fsp3) is 0.452. The van der Waals surface area contributed by atoms with Crippen LogP contribution in [-0.2, 0) is 14.3 Å². The number of benzene rings is 1. The highest BCUT2D eigenvalue weighted by Crippen LogP contribution is 2.52. The summed E-state index contributed by atoms with van der Waals surface area (Å²) in [5.74, 6) is -2.36.